The van der Waals surface area contributed by atoms with Gasteiger partial charge in [-0.2, -0.15) is 0 Å². The largest absolute Gasteiger partial charge is 0.351 e. The third-order valence-corrected chi connectivity index (χ3v) is 7.08. The molecule has 1 aromatic heterocycles. The van der Waals surface area contributed by atoms with Crippen molar-refractivity contribution in [2.45, 2.75) is 25.7 Å². The summed E-state index contributed by atoms with van der Waals surface area (Å²) in [6.07, 6.45) is 4.58. The highest BCUT2D eigenvalue weighted by Crippen LogP contribution is 2.45. The van der Waals surface area contributed by atoms with Gasteiger partial charge in [-0.1, -0.05) is 31.0 Å². The van der Waals surface area contributed by atoms with Crippen molar-refractivity contribution in [2.24, 2.45) is 11.3 Å². The van der Waals surface area contributed by atoms with Gasteiger partial charge >= 0.3 is 0 Å². The molecule has 1 aromatic carbocycles. The SMILES string of the molecule is Cl.O=C(c1cc2ccccc2[nH]1)N1CCN(C(=O)[C@@]23CCCC[C@H]2CNC3)CC1. The second-order valence-electron chi connectivity index (χ2n) is 8.58. The first kappa shape index (κ1) is 20.2. The van der Waals surface area contributed by atoms with Crippen LogP contribution in [0.2, 0.25) is 0 Å². The smallest absolute Gasteiger partial charge is 0.270 e. The lowest BCUT2D eigenvalue weighted by molar-refractivity contribution is -0.146. The van der Waals surface area contributed by atoms with Crippen LogP contribution in [0.3, 0.4) is 0 Å². The Morgan fingerprint density at radius 2 is 1.79 bits per heavy atom. The quantitative estimate of drug-likeness (QED) is 0.790. The van der Waals surface area contributed by atoms with E-state index in [1.165, 1.54) is 6.42 Å². The zero-order valence-corrected chi connectivity index (χ0v) is 17.5. The van der Waals surface area contributed by atoms with E-state index in [4.69, 9.17) is 0 Å². The Morgan fingerprint density at radius 1 is 1.03 bits per heavy atom. The van der Waals surface area contributed by atoms with Crippen LogP contribution in [-0.2, 0) is 4.79 Å². The predicted octanol–water partition coefficient (Wildman–Crippen LogP) is 2.65. The van der Waals surface area contributed by atoms with E-state index in [0.717, 1.165) is 43.3 Å². The van der Waals surface area contributed by atoms with Crippen LogP contribution in [0.1, 0.15) is 36.2 Å². The van der Waals surface area contributed by atoms with Crippen LogP contribution in [0.5, 0.6) is 0 Å². The number of rotatable bonds is 2. The molecule has 29 heavy (non-hydrogen) atoms. The van der Waals surface area contributed by atoms with E-state index in [9.17, 15) is 9.59 Å². The zero-order chi connectivity index (χ0) is 19.1. The minimum atomic E-state index is -0.193. The first-order valence-electron chi connectivity index (χ1n) is 10.5. The number of H-pyrrole nitrogens is 1. The molecule has 0 unspecified atom stereocenters. The van der Waals surface area contributed by atoms with Crippen LogP contribution in [0, 0.1) is 11.3 Å². The minimum absolute atomic E-state index is 0. The van der Waals surface area contributed by atoms with Crippen LogP contribution in [0.15, 0.2) is 30.3 Å². The maximum atomic E-state index is 13.4. The number of aromatic nitrogens is 1. The van der Waals surface area contributed by atoms with Crippen molar-refractivity contribution in [3.8, 4) is 0 Å². The molecule has 6 nitrogen and oxygen atoms in total. The average Bonchev–Trinajstić information content (AvgIpc) is 3.37. The lowest BCUT2D eigenvalue weighted by Crippen LogP contribution is -2.56. The summed E-state index contributed by atoms with van der Waals surface area (Å²) in [6, 6.07) is 9.86. The van der Waals surface area contributed by atoms with E-state index in [1.54, 1.807) is 0 Å². The number of nitrogens with one attached hydrogen (secondary N) is 2. The molecular weight excluding hydrogens is 388 g/mol. The van der Waals surface area contributed by atoms with Crippen molar-refractivity contribution < 1.29 is 9.59 Å². The Bertz CT molecular complexity index is 872. The Morgan fingerprint density at radius 3 is 2.59 bits per heavy atom. The van der Waals surface area contributed by atoms with E-state index in [1.807, 2.05) is 40.1 Å². The number of benzene rings is 1. The molecule has 3 heterocycles. The molecule has 7 heteroatoms. The maximum absolute atomic E-state index is 13.4. The fourth-order valence-electron chi connectivity index (χ4n) is 5.45. The molecule has 1 saturated carbocycles. The Labute approximate surface area is 177 Å². The van der Waals surface area contributed by atoms with Gasteiger partial charge in [-0.25, -0.2) is 0 Å². The number of nitrogens with zero attached hydrogens (tertiary/aromatic N) is 2. The molecule has 3 fully saturated rings. The van der Waals surface area contributed by atoms with E-state index in [2.05, 4.69) is 10.3 Å². The normalized spacial score (nSPS) is 26.8. The lowest BCUT2D eigenvalue weighted by atomic mass is 9.67. The molecule has 2 atom stereocenters. The number of carbonyl (C=O) groups is 2. The van der Waals surface area contributed by atoms with Gasteiger partial charge in [0.1, 0.15) is 5.69 Å². The van der Waals surface area contributed by atoms with Gasteiger partial charge in [0.05, 0.1) is 5.41 Å². The van der Waals surface area contributed by atoms with Gasteiger partial charge < -0.3 is 20.1 Å². The number of piperazine rings is 1. The Hall–Kier alpha value is -2.05. The topological polar surface area (TPSA) is 68.4 Å². The summed E-state index contributed by atoms with van der Waals surface area (Å²) >= 11 is 0. The third-order valence-electron chi connectivity index (χ3n) is 7.08. The van der Waals surface area contributed by atoms with Crippen LogP contribution in [-0.4, -0.2) is 65.9 Å². The highest BCUT2D eigenvalue weighted by Gasteiger charge is 2.51. The van der Waals surface area contributed by atoms with Gasteiger partial charge in [0.15, 0.2) is 0 Å². The monoisotopic (exact) mass is 416 g/mol. The summed E-state index contributed by atoms with van der Waals surface area (Å²) < 4.78 is 0. The number of carbonyl (C=O) groups excluding carboxylic acids is 2. The van der Waals surface area contributed by atoms with Gasteiger partial charge in [-0.15, -0.1) is 12.4 Å². The summed E-state index contributed by atoms with van der Waals surface area (Å²) in [5, 5.41) is 4.52. The van der Waals surface area contributed by atoms with Crippen molar-refractivity contribution >= 4 is 35.1 Å². The Balaban J connectivity index is 0.00000205. The highest BCUT2D eigenvalue weighted by molar-refractivity contribution is 5.98. The summed E-state index contributed by atoms with van der Waals surface area (Å²) in [6.45, 7) is 4.29. The molecule has 1 aliphatic carbocycles. The molecule has 3 aliphatic rings. The van der Waals surface area contributed by atoms with Crippen molar-refractivity contribution in [1.29, 1.82) is 0 Å². The fraction of sp³-hybridized carbons (Fsp3) is 0.545. The first-order valence-corrected chi connectivity index (χ1v) is 10.5. The van der Waals surface area contributed by atoms with E-state index in [0.29, 0.717) is 43.7 Å². The maximum Gasteiger partial charge on any atom is 0.270 e. The van der Waals surface area contributed by atoms with Crippen molar-refractivity contribution in [3.63, 3.8) is 0 Å². The summed E-state index contributed by atoms with van der Waals surface area (Å²) in [5.41, 5.74) is 1.42. The fourth-order valence-corrected chi connectivity index (χ4v) is 5.45. The van der Waals surface area contributed by atoms with Gasteiger partial charge in [0, 0.05) is 43.6 Å². The van der Waals surface area contributed by atoms with E-state index < -0.39 is 0 Å². The van der Waals surface area contributed by atoms with E-state index >= 15 is 0 Å². The van der Waals surface area contributed by atoms with Crippen LogP contribution in [0.25, 0.3) is 10.9 Å². The Kier molecular flexibility index (Phi) is 5.58. The second-order valence-corrected chi connectivity index (χ2v) is 8.58. The molecule has 156 valence electrons. The molecular formula is C22H29ClN4O2. The average molecular weight is 417 g/mol. The number of hydrogen-bond acceptors (Lipinski definition) is 3. The third kappa shape index (κ3) is 3.42. The molecule has 0 radical (unpaired) electrons. The van der Waals surface area contributed by atoms with Gasteiger partial charge in [0.2, 0.25) is 5.91 Å². The number of fused-ring (bicyclic) bond motifs is 2. The summed E-state index contributed by atoms with van der Waals surface area (Å²) in [5.74, 6) is 0.833. The van der Waals surface area contributed by atoms with Gasteiger partial charge in [-0.3, -0.25) is 9.59 Å². The number of hydrogen-bond donors (Lipinski definition) is 2. The molecule has 2 aromatic rings. The van der Waals surface area contributed by atoms with Crippen LogP contribution < -0.4 is 5.32 Å². The van der Waals surface area contributed by atoms with Gasteiger partial charge in [0.25, 0.3) is 5.91 Å². The van der Waals surface area contributed by atoms with Crippen LogP contribution >= 0.6 is 12.4 Å². The number of amides is 2. The lowest BCUT2D eigenvalue weighted by Gasteiger charge is -2.43. The minimum Gasteiger partial charge on any atom is -0.351 e. The molecule has 2 amide bonds. The van der Waals surface area contributed by atoms with E-state index in [-0.39, 0.29) is 23.7 Å². The zero-order valence-electron chi connectivity index (χ0n) is 16.7. The first-order chi connectivity index (χ1) is 13.7. The number of para-hydroxylation sites is 1. The second kappa shape index (κ2) is 8.00. The van der Waals surface area contributed by atoms with Crippen LogP contribution in [0.4, 0.5) is 0 Å². The molecule has 2 aliphatic heterocycles. The number of halogens is 1. The van der Waals surface area contributed by atoms with Crippen molar-refractivity contribution in [1.82, 2.24) is 20.1 Å². The molecule has 5 rings (SSSR count). The summed E-state index contributed by atoms with van der Waals surface area (Å²) in [7, 11) is 0. The molecule has 2 N–H and O–H groups in total. The predicted molar refractivity (Wildman–Crippen MR) is 115 cm³/mol. The summed E-state index contributed by atoms with van der Waals surface area (Å²) in [4.78, 5) is 33.4. The van der Waals surface area contributed by atoms with Gasteiger partial charge in [-0.05, 0) is 37.4 Å². The van der Waals surface area contributed by atoms with Crippen molar-refractivity contribution in [3.05, 3.63) is 36.0 Å². The highest BCUT2D eigenvalue weighted by atomic mass is 35.5. The molecule has 0 bridgehead atoms. The molecule has 2 saturated heterocycles. The molecule has 0 spiro atoms. The van der Waals surface area contributed by atoms with Crippen molar-refractivity contribution in [2.75, 3.05) is 39.3 Å². The standard InChI is InChI=1S/C22H28N4O2.ClH/c27-20(19-13-16-5-1-2-7-18(16)24-19)25-9-11-26(12-10-25)21(28)22-8-4-3-6-17(22)14-23-15-22;/h1-2,5,7,13,17,23-24H,3-4,6,8-12,14-15H2;1H/t17-,22+;/m0./s1. The number of aromatic amines is 1.